The third kappa shape index (κ3) is 5.55. The molecule has 1 aromatic carbocycles. The van der Waals surface area contributed by atoms with Crippen LogP contribution in [0.25, 0.3) is 11.1 Å². The van der Waals surface area contributed by atoms with Gasteiger partial charge in [0.1, 0.15) is 24.2 Å². The Morgan fingerprint density at radius 3 is 2.51 bits per heavy atom. The van der Waals surface area contributed by atoms with E-state index in [-0.39, 0.29) is 17.1 Å². The molecule has 0 bridgehead atoms. The first-order valence-electron chi connectivity index (χ1n) is 18.1. The Morgan fingerprint density at radius 1 is 0.980 bits per heavy atom. The summed E-state index contributed by atoms with van der Waals surface area (Å²) >= 11 is 0. The fourth-order valence-electron chi connectivity index (χ4n) is 9.81. The van der Waals surface area contributed by atoms with Gasteiger partial charge >= 0.3 is 0 Å². The standard InChI is InChI=1S/C37H46FN9O2/c1-23(2)33(26-10-28(11-26)46-19-37(20-46)17-45(18-37)24(3)48)47-15-36(16-47)8-9-44(14-36)34-35(43-42-22-41-34)49-31-7-6-27(38)12-29(31)30-13-39-21-40-32(30)25-4-5-25/h6-7,12-13,21-23,25-26,28,33H,4-5,8-11,14-20H2,1-3H3/t26?,28?,33-/m1/s1. The van der Waals surface area contributed by atoms with Gasteiger partial charge in [0.2, 0.25) is 5.91 Å². The highest BCUT2D eigenvalue weighted by Crippen LogP contribution is 2.51. The van der Waals surface area contributed by atoms with Crippen LogP contribution in [0.5, 0.6) is 11.6 Å². The van der Waals surface area contributed by atoms with Gasteiger partial charge in [-0.3, -0.25) is 14.6 Å². The van der Waals surface area contributed by atoms with Crippen molar-refractivity contribution >= 4 is 11.7 Å². The molecule has 6 heterocycles. The quantitative estimate of drug-likeness (QED) is 0.321. The number of aromatic nitrogens is 5. The van der Waals surface area contributed by atoms with Crippen molar-refractivity contribution in [3.05, 3.63) is 48.6 Å². The van der Waals surface area contributed by atoms with Crippen LogP contribution in [0.2, 0.25) is 0 Å². The lowest BCUT2D eigenvalue weighted by Crippen LogP contribution is -2.75. The number of hydrogen-bond acceptors (Lipinski definition) is 10. The number of ether oxygens (including phenoxy) is 1. The van der Waals surface area contributed by atoms with Gasteiger partial charge in [-0.05, 0) is 62.1 Å². The van der Waals surface area contributed by atoms with Gasteiger partial charge in [0.15, 0.2) is 5.82 Å². The number of rotatable bonds is 9. The van der Waals surface area contributed by atoms with Crippen molar-refractivity contribution < 1.29 is 13.9 Å². The van der Waals surface area contributed by atoms with Gasteiger partial charge in [-0.2, -0.15) is 0 Å². The minimum atomic E-state index is -0.344. The van der Waals surface area contributed by atoms with E-state index in [2.05, 4.69) is 53.7 Å². The summed E-state index contributed by atoms with van der Waals surface area (Å²) in [4.78, 5) is 34.8. The third-order valence-corrected chi connectivity index (χ3v) is 12.4. The molecule has 0 N–H and O–H groups in total. The Morgan fingerprint density at radius 2 is 1.78 bits per heavy atom. The summed E-state index contributed by atoms with van der Waals surface area (Å²) in [6.07, 6.45) is 10.6. The van der Waals surface area contributed by atoms with E-state index >= 15 is 0 Å². The third-order valence-electron chi connectivity index (χ3n) is 12.4. The van der Waals surface area contributed by atoms with Crippen LogP contribution in [0.3, 0.4) is 0 Å². The summed E-state index contributed by atoms with van der Waals surface area (Å²) in [5, 5.41) is 8.44. The van der Waals surface area contributed by atoms with Crippen molar-refractivity contribution in [2.45, 2.75) is 70.9 Å². The molecule has 258 valence electrons. The molecule has 0 unspecified atom stereocenters. The van der Waals surface area contributed by atoms with Gasteiger partial charge in [-0.15, -0.1) is 10.2 Å². The molecule has 2 aliphatic carbocycles. The molecule has 2 spiro atoms. The first kappa shape index (κ1) is 31.2. The van der Waals surface area contributed by atoms with E-state index in [0.717, 1.165) is 88.8 Å². The Hall–Kier alpha value is -3.77. The monoisotopic (exact) mass is 667 g/mol. The van der Waals surface area contributed by atoms with Crippen LogP contribution in [0.15, 0.2) is 37.1 Å². The van der Waals surface area contributed by atoms with E-state index in [9.17, 15) is 9.18 Å². The molecule has 2 saturated carbocycles. The number of amides is 1. The lowest BCUT2D eigenvalue weighted by Gasteiger charge is -2.65. The predicted molar refractivity (Wildman–Crippen MR) is 182 cm³/mol. The van der Waals surface area contributed by atoms with Crippen molar-refractivity contribution in [2.75, 3.05) is 57.3 Å². The summed E-state index contributed by atoms with van der Waals surface area (Å²) in [5.74, 6) is 3.11. The van der Waals surface area contributed by atoms with Crippen LogP contribution in [0, 0.1) is 28.5 Å². The maximum absolute atomic E-state index is 14.6. The molecule has 4 saturated heterocycles. The zero-order valence-electron chi connectivity index (χ0n) is 28.8. The first-order valence-corrected chi connectivity index (χ1v) is 18.1. The molecule has 1 atom stereocenters. The van der Waals surface area contributed by atoms with E-state index in [0.29, 0.717) is 52.3 Å². The van der Waals surface area contributed by atoms with E-state index < -0.39 is 0 Å². The molecule has 12 heteroatoms. The number of nitrogens with zero attached hydrogens (tertiary/aromatic N) is 9. The Kier molecular flexibility index (Phi) is 7.43. The first-order chi connectivity index (χ1) is 23.7. The topological polar surface area (TPSA) is 104 Å². The molecular weight excluding hydrogens is 621 g/mol. The van der Waals surface area contributed by atoms with Crippen LogP contribution in [0.1, 0.15) is 64.5 Å². The van der Waals surface area contributed by atoms with Gasteiger partial charge < -0.3 is 14.5 Å². The highest BCUT2D eigenvalue weighted by Gasteiger charge is 2.57. The molecule has 1 amide bonds. The zero-order valence-corrected chi connectivity index (χ0v) is 28.8. The lowest BCUT2D eigenvalue weighted by atomic mass is 9.65. The van der Waals surface area contributed by atoms with Gasteiger partial charge in [0.25, 0.3) is 5.88 Å². The van der Waals surface area contributed by atoms with Crippen molar-refractivity contribution in [2.24, 2.45) is 22.7 Å². The van der Waals surface area contributed by atoms with Gasteiger partial charge in [-0.25, -0.2) is 19.3 Å². The molecular formula is C37H46FN9O2. The summed E-state index contributed by atoms with van der Waals surface area (Å²) in [5.41, 5.74) is 2.95. The minimum absolute atomic E-state index is 0.216. The SMILES string of the molecule is CC(=O)N1CC2(C1)CN(C1CC([C@@H](C(C)C)N3CC4(CCN(c5ncnnc5Oc5ccc(F)cc5-c5cncnc5C5CC5)C4)C3)C1)C2. The molecule has 0 radical (unpaired) electrons. The zero-order chi connectivity index (χ0) is 33.5. The number of halogens is 1. The Bertz CT molecular complexity index is 1740. The molecule has 2 aromatic heterocycles. The summed E-state index contributed by atoms with van der Waals surface area (Å²) < 4.78 is 21.0. The van der Waals surface area contributed by atoms with Crippen LogP contribution in [0.4, 0.5) is 10.2 Å². The average molecular weight is 668 g/mol. The largest absolute Gasteiger partial charge is 0.434 e. The lowest BCUT2D eigenvalue weighted by molar-refractivity contribution is -0.171. The average Bonchev–Trinajstić information content (AvgIpc) is 3.76. The molecule has 11 nitrogen and oxygen atoms in total. The second kappa shape index (κ2) is 11.7. The van der Waals surface area contributed by atoms with Crippen molar-refractivity contribution in [1.29, 1.82) is 0 Å². The molecule has 6 aliphatic rings. The number of carbonyl (C=O) groups is 1. The summed E-state index contributed by atoms with van der Waals surface area (Å²) in [7, 11) is 0. The summed E-state index contributed by atoms with van der Waals surface area (Å²) in [6.45, 7) is 14.7. The van der Waals surface area contributed by atoms with E-state index in [1.165, 1.54) is 31.3 Å². The van der Waals surface area contributed by atoms with Gasteiger partial charge in [-0.1, -0.05) is 13.8 Å². The number of likely N-dealkylation sites (tertiary alicyclic amines) is 3. The maximum atomic E-state index is 14.6. The van der Waals surface area contributed by atoms with Crippen LogP contribution >= 0.6 is 0 Å². The smallest absolute Gasteiger partial charge is 0.282 e. The van der Waals surface area contributed by atoms with E-state index in [1.807, 2.05) is 4.90 Å². The Labute approximate surface area is 287 Å². The number of anilines is 1. The minimum Gasteiger partial charge on any atom is -0.434 e. The van der Waals surface area contributed by atoms with Gasteiger partial charge in [0, 0.05) is 105 Å². The number of benzene rings is 1. The van der Waals surface area contributed by atoms with E-state index in [1.54, 1.807) is 25.5 Å². The highest BCUT2D eigenvalue weighted by atomic mass is 19.1. The fourth-order valence-corrected chi connectivity index (χ4v) is 9.81. The van der Waals surface area contributed by atoms with Crippen molar-refractivity contribution in [3.63, 3.8) is 0 Å². The molecule has 4 aliphatic heterocycles. The van der Waals surface area contributed by atoms with Crippen molar-refractivity contribution in [3.8, 4) is 22.8 Å². The summed E-state index contributed by atoms with van der Waals surface area (Å²) in [6, 6.07) is 5.87. The number of carbonyl (C=O) groups excluding carboxylic acids is 1. The normalized spacial score (nSPS) is 26.3. The fraction of sp³-hybridized carbons (Fsp3) is 0.622. The Balaban J connectivity index is 0.840. The van der Waals surface area contributed by atoms with Crippen LogP contribution in [-0.2, 0) is 4.79 Å². The van der Waals surface area contributed by atoms with Crippen LogP contribution in [-0.4, -0.2) is 110 Å². The predicted octanol–water partition coefficient (Wildman–Crippen LogP) is 4.62. The number of hydrogen-bond donors (Lipinski definition) is 0. The second-order valence-electron chi connectivity index (χ2n) is 16.4. The van der Waals surface area contributed by atoms with Gasteiger partial charge in [0.05, 0.1) is 5.69 Å². The van der Waals surface area contributed by atoms with Crippen LogP contribution < -0.4 is 9.64 Å². The molecule has 3 aromatic rings. The molecule has 49 heavy (non-hydrogen) atoms. The second-order valence-corrected chi connectivity index (χ2v) is 16.4. The molecule has 6 fully saturated rings. The highest BCUT2D eigenvalue weighted by molar-refractivity contribution is 5.74. The maximum Gasteiger partial charge on any atom is 0.282 e. The van der Waals surface area contributed by atoms with E-state index in [4.69, 9.17) is 4.74 Å². The van der Waals surface area contributed by atoms with Crippen molar-refractivity contribution in [1.82, 2.24) is 39.8 Å². The molecule has 9 rings (SSSR count).